The Morgan fingerprint density at radius 2 is 1.61 bits per heavy atom. The van der Waals surface area contributed by atoms with Gasteiger partial charge in [0, 0.05) is 11.9 Å². The minimum atomic E-state index is -3.87. The third-order valence-corrected chi connectivity index (χ3v) is 7.15. The molecule has 1 atom stereocenters. The molecule has 0 aliphatic heterocycles. The van der Waals surface area contributed by atoms with Crippen LogP contribution >= 0.6 is 0 Å². The highest BCUT2D eigenvalue weighted by atomic mass is 32.2. The van der Waals surface area contributed by atoms with Gasteiger partial charge in [-0.1, -0.05) is 0 Å². The summed E-state index contributed by atoms with van der Waals surface area (Å²) in [5, 5.41) is 2.56. The highest BCUT2D eigenvalue weighted by molar-refractivity contribution is 7.92. The highest BCUT2D eigenvalue weighted by Crippen LogP contribution is 2.23. The summed E-state index contributed by atoms with van der Waals surface area (Å²) in [6.07, 6.45) is 3.81. The van der Waals surface area contributed by atoms with Crippen LogP contribution in [-0.4, -0.2) is 40.0 Å². The largest absolute Gasteiger partial charge is 0.324 e. The minimum absolute atomic E-state index is 0.0403. The van der Waals surface area contributed by atoms with Gasteiger partial charge in [0.05, 0.1) is 28.7 Å². The number of sulfonamides is 2. The number of nitrogens with one attached hydrogen (secondary N) is 2. The first-order valence-corrected chi connectivity index (χ1v) is 12.9. The Balaban J connectivity index is 1.76. The molecule has 9 nitrogen and oxygen atoms in total. The topological polar surface area (TPSA) is 126 Å². The third-order valence-electron chi connectivity index (χ3n) is 4.52. The van der Waals surface area contributed by atoms with E-state index in [1.807, 2.05) is 0 Å². The SMILES string of the molecule is C[C@H](C(=O)Nc1ccc(S(=O)(=O)Nc2cccnc2)cc1)N(c1ccc(F)cc1)S(C)(=O)=O. The molecule has 1 aromatic heterocycles. The van der Waals surface area contributed by atoms with Crippen molar-refractivity contribution in [3.05, 3.63) is 78.9 Å². The number of benzene rings is 2. The summed E-state index contributed by atoms with van der Waals surface area (Å²) >= 11 is 0. The van der Waals surface area contributed by atoms with Crippen molar-refractivity contribution in [1.29, 1.82) is 0 Å². The number of aromatic nitrogens is 1. The van der Waals surface area contributed by atoms with Crippen LogP contribution in [-0.2, 0) is 24.8 Å². The van der Waals surface area contributed by atoms with Crippen molar-refractivity contribution in [1.82, 2.24) is 4.98 Å². The van der Waals surface area contributed by atoms with E-state index in [1.54, 1.807) is 12.1 Å². The molecule has 2 N–H and O–H groups in total. The van der Waals surface area contributed by atoms with Gasteiger partial charge in [-0.2, -0.15) is 0 Å². The molecule has 1 amide bonds. The highest BCUT2D eigenvalue weighted by Gasteiger charge is 2.29. The first-order valence-electron chi connectivity index (χ1n) is 9.56. The molecule has 0 spiro atoms. The maximum atomic E-state index is 13.2. The summed E-state index contributed by atoms with van der Waals surface area (Å²) in [5.74, 6) is -1.20. The average molecular weight is 493 g/mol. The lowest BCUT2D eigenvalue weighted by Gasteiger charge is -2.28. The summed E-state index contributed by atoms with van der Waals surface area (Å²) < 4.78 is 66.1. The van der Waals surface area contributed by atoms with Gasteiger partial charge in [-0.15, -0.1) is 0 Å². The van der Waals surface area contributed by atoms with Crippen molar-refractivity contribution < 1.29 is 26.0 Å². The lowest BCUT2D eigenvalue weighted by molar-refractivity contribution is -0.116. The molecule has 0 fully saturated rings. The summed E-state index contributed by atoms with van der Waals surface area (Å²) in [5.41, 5.74) is 0.689. The fraction of sp³-hybridized carbons (Fsp3) is 0.143. The Morgan fingerprint density at radius 1 is 0.970 bits per heavy atom. The number of carbonyl (C=O) groups is 1. The number of rotatable bonds is 8. The maximum Gasteiger partial charge on any atom is 0.261 e. The molecule has 12 heteroatoms. The molecule has 33 heavy (non-hydrogen) atoms. The van der Waals surface area contributed by atoms with Crippen LogP contribution in [0.15, 0.2) is 78.0 Å². The monoisotopic (exact) mass is 492 g/mol. The van der Waals surface area contributed by atoms with E-state index in [1.165, 1.54) is 55.7 Å². The van der Waals surface area contributed by atoms with Crippen LogP contribution in [0.4, 0.5) is 21.5 Å². The van der Waals surface area contributed by atoms with E-state index in [0.29, 0.717) is 5.69 Å². The van der Waals surface area contributed by atoms with E-state index in [0.717, 1.165) is 22.7 Å². The molecule has 2 aromatic carbocycles. The van der Waals surface area contributed by atoms with Crippen LogP contribution < -0.4 is 14.3 Å². The summed E-state index contributed by atoms with van der Waals surface area (Å²) in [7, 11) is -7.73. The molecule has 0 saturated carbocycles. The van der Waals surface area contributed by atoms with Gasteiger partial charge in [0.25, 0.3) is 10.0 Å². The molecule has 3 rings (SSSR count). The molecule has 0 unspecified atom stereocenters. The molecule has 0 aliphatic carbocycles. The van der Waals surface area contributed by atoms with Gasteiger partial charge < -0.3 is 5.32 Å². The Morgan fingerprint density at radius 3 is 2.15 bits per heavy atom. The minimum Gasteiger partial charge on any atom is -0.324 e. The normalized spacial score (nSPS) is 12.6. The van der Waals surface area contributed by atoms with Gasteiger partial charge in [0.15, 0.2) is 0 Å². The fourth-order valence-corrected chi connectivity index (χ4v) is 5.22. The molecule has 3 aromatic rings. The Bertz CT molecular complexity index is 1330. The molecule has 0 saturated heterocycles. The van der Waals surface area contributed by atoms with Gasteiger partial charge in [-0.05, 0) is 67.6 Å². The van der Waals surface area contributed by atoms with Gasteiger partial charge >= 0.3 is 0 Å². The number of nitrogens with zero attached hydrogens (tertiary/aromatic N) is 2. The standard InChI is InChI=1S/C21H21FN4O5S2/c1-15(26(32(2,28)29)19-9-5-16(22)6-10-19)21(27)24-17-7-11-20(12-8-17)33(30,31)25-18-4-3-13-23-14-18/h3-15,25H,1-2H3,(H,24,27)/t15-/m1/s1. The van der Waals surface area contributed by atoms with Crippen LogP contribution in [0.1, 0.15) is 6.92 Å². The number of hydrogen-bond donors (Lipinski definition) is 2. The van der Waals surface area contributed by atoms with E-state index in [-0.39, 0.29) is 16.3 Å². The van der Waals surface area contributed by atoms with Crippen LogP contribution in [0.2, 0.25) is 0 Å². The maximum absolute atomic E-state index is 13.2. The van der Waals surface area contributed by atoms with Gasteiger partial charge in [0.1, 0.15) is 11.9 Å². The van der Waals surface area contributed by atoms with Crippen molar-refractivity contribution in [2.75, 3.05) is 20.6 Å². The first kappa shape index (κ1) is 24.1. The van der Waals surface area contributed by atoms with E-state index < -0.39 is 37.8 Å². The van der Waals surface area contributed by atoms with E-state index in [2.05, 4.69) is 15.0 Å². The summed E-state index contributed by atoms with van der Waals surface area (Å²) in [6.45, 7) is 1.39. The average Bonchev–Trinajstić information content (AvgIpc) is 2.75. The van der Waals surface area contributed by atoms with Crippen molar-refractivity contribution in [2.24, 2.45) is 0 Å². The Labute approximate surface area is 191 Å². The molecular formula is C21H21FN4O5S2. The van der Waals surface area contributed by atoms with Crippen LogP contribution in [0, 0.1) is 5.82 Å². The van der Waals surface area contributed by atoms with E-state index in [9.17, 15) is 26.0 Å². The fourth-order valence-electron chi connectivity index (χ4n) is 3.00. The number of carbonyl (C=O) groups excluding carboxylic acids is 1. The zero-order chi connectivity index (χ0) is 24.2. The number of halogens is 1. The van der Waals surface area contributed by atoms with Crippen molar-refractivity contribution in [2.45, 2.75) is 17.9 Å². The molecule has 0 aliphatic rings. The molecule has 174 valence electrons. The smallest absolute Gasteiger partial charge is 0.261 e. The van der Waals surface area contributed by atoms with Crippen LogP contribution in [0.3, 0.4) is 0 Å². The third kappa shape index (κ3) is 6.05. The first-order chi connectivity index (χ1) is 15.5. The number of pyridine rings is 1. The van der Waals surface area contributed by atoms with E-state index >= 15 is 0 Å². The number of hydrogen-bond acceptors (Lipinski definition) is 6. The van der Waals surface area contributed by atoms with Crippen LogP contribution in [0.25, 0.3) is 0 Å². The van der Waals surface area contributed by atoms with Gasteiger partial charge in [-0.3, -0.25) is 18.8 Å². The zero-order valence-electron chi connectivity index (χ0n) is 17.6. The van der Waals surface area contributed by atoms with Gasteiger partial charge in [0.2, 0.25) is 15.9 Å². The van der Waals surface area contributed by atoms with Crippen LogP contribution in [0.5, 0.6) is 0 Å². The summed E-state index contributed by atoms with van der Waals surface area (Å²) in [4.78, 5) is 16.5. The van der Waals surface area contributed by atoms with E-state index in [4.69, 9.17) is 0 Å². The second-order valence-corrected chi connectivity index (χ2v) is 10.6. The van der Waals surface area contributed by atoms with Gasteiger partial charge in [-0.25, -0.2) is 21.2 Å². The number of amides is 1. The number of anilines is 3. The quantitative estimate of drug-likeness (QED) is 0.498. The molecular weight excluding hydrogens is 471 g/mol. The van der Waals surface area contributed by atoms with Crippen molar-refractivity contribution in [3.8, 4) is 0 Å². The summed E-state index contributed by atoms with van der Waals surface area (Å²) in [6, 6.07) is 12.0. The second-order valence-electron chi connectivity index (χ2n) is 7.07. The predicted molar refractivity (Wildman–Crippen MR) is 123 cm³/mol. The molecule has 0 radical (unpaired) electrons. The lowest BCUT2D eigenvalue weighted by Crippen LogP contribution is -2.45. The zero-order valence-corrected chi connectivity index (χ0v) is 19.3. The lowest BCUT2D eigenvalue weighted by atomic mass is 10.2. The second kappa shape index (κ2) is 9.55. The predicted octanol–water partition coefficient (Wildman–Crippen LogP) is 2.81. The van der Waals surface area contributed by atoms with Crippen molar-refractivity contribution in [3.63, 3.8) is 0 Å². The molecule has 0 bridgehead atoms. The Kier molecular flexibility index (Phi) is 6.98. The Hall–Kier alpha value is -3.51. The van der Waals surface area contributed by atoms with Crippen molar-refractivity contribution >= 4 is 43.0 Å². The molecule has 1 heterocycles.